The van der Waals surface area contributed by atoms with Crippen LogP contribution in [0.5, 0.6) is 0 Å². The third-order valence-electron chi connectivity index (χ3n) is 2.38. The molecule has 16 heavy (non-hydrogen) atoms. The van der Waals surface area contributed by atoms with Crippen molar-refractivity contribution < 1.29 is 4.79 Å². The van der Waals surface area contributed by atoms with E-state index >= 15 is 0 Å². The number of hydrogen-bond donors (Lipinski definition) is 1. The van der Waals surface area contributed by atoms with Crippen LogP contribution in [-0.2, 0) is 11.8 Å². The van der Waals surface area contributed by atoms with E-state index in [0.29, 0.717) is 6.42 Å². The molecule has 0 radical (unpaired) electrons. The van der Waals surface area contributed by atoms with Crippen LogP contribution in [0.2, 0.25) is 0 Å². The highest BCUT2D eigenvalue weighted by atomic mass is 16.1. The number of hydrogen-bond acceptors (Lipinski definition) is 2. The predicted octanol–water partition coefficient (Wildman–Crippen LogP) is 2.31. The molecule has 0 unspecified atom stereocenters. The second kappa shape index (κ2) is 4.35. The Bertz CT molecular complexity index is 516. The summed E-state index contributed by atoms with van der Waals surface area (Å²) in [7, 11) is 1.88. The van der Waals surface area contributed by atoms with Crippen molar-refractivity contribution in [3.05, 3.63) is 24.4 Å². The number of anilines is 1. The minimum atomic E-state index is 0.0609. The van der Waals surface area contributed by atoms with Crippen molar-refractivity contribution in [2.75, 3.05) is 5.32 Å². The largest absolute Gasteiger partial charge is 0.326 e. The summed E-state index contributed by atoms with van der Waals surface area (Å²) in [6, 6.07) is 5.73. The normalized spacial score (nSPS) is 10.6. The number of aromatic nitrogens is 2. The predicted molar refractivity (Wildman–Crippen MR) is 64.3 cm³/mol. The molecule has 0 aliphatic heterocycles. The molecule has 0 saturated carbocycles. The second-order valence-corrected chi connectivity index (χ2v) is 3.87. The van der Waals surface area contributed by atoms with E-state index in [9.17, 15) is 4.79 Å². The molecule has 1 heterocycles. The first-order valence-electron chi connectivity index (χ1n) is 5.42. The first kappa shape index (κ1) is 10.7. The molecule has 0 fully saturated rings. The maximum Gasteiger partial charge on any atom is 0.224 e. The molecule has 1 aromatic heterocycles. The number of benzene rings is 1. The van der Waals surface area contributed by atoms with E-state index in [1.165, 1.54) is 0 Å². The third-order valence-corrected chi connectivity index (χ3v) is 2.38. The summed E-state index contributed by atoms with van der Waals surface area (Å²) < 4.78 is 1.77. The smallest absolute Gasteiger partial charge is 0.224 e. The number of fused-ring (bicyclic) bond motifs is 1. The van der Waals surface area contributed by atoms with Crippen LogP contribution in [0, 0.1) is 0 Å². The molecule has 0 bridgehead atoms. The Labute approximate surface area is 94.3 Å². The monoisotopic (exact) mass is 217 g/mol. The minimum absolute atomic E-state index is 0.0609. The van der Waals surface area contributed by atoms with Crippen LogP contribution < -0.4 is 5.32 Å². The fraction of sp³-hybridized carbons (Fsp3) is 0.333. The van der Waals surface area contributed by atoms with Crippen LogP contribution >= 0.6 is 0 Å². The van der Waals surface area contributed by atoms with E-state index in [1.54, 1.807) is 4.68 Å². The maximum atomic E-state index is 11.4. The zero-order valence-corrected chi connectivity index (χ0v) is 9.53. The lowest BCUT2D eigenvalue weighted by atomic mass is 10.2. The average Bonchev–Trinajstić information content (AvgIpc) is 2.57. The fourth-order valence-electron chi connectivity index (χ4n) is 1.68. The number of nitrogens with one attached hydrogen (secondary N) is 1. The molecular weight excluding hydrogens is 202 g/mol. The Morgan fingerprint density at radius 1 is 1.50 bits per heavy atom. The van der Waals surface area contributed by atoms with Crippen molar-refractivity contribution in [1.82, 2.24) is 9.78 Å². The number of carbonyl (C=O) groups is 1. The zero-order chi connectivity index (χ0) is 11.5. The van der Waals surface area contributed by atoms with E-state index in [-0.39, 0.29) is 5.91 Å². The lowest BCUT2D eigenvalue weighted by Gasteiger charge is -2.03. The first-order chi connectivity index (χ1) is 7.69. The summed E-state index contributed by atoms with van der Waals surface area (Å²) in [5.74, 6) is 0.0609. The Kier molecular flexibility index (Phi) is 2.90. The van der Waals surface area contributed by atoms with Gasteiger partial charge in [-0.25, -0.2) is 0 Å². The van der Waals surface area contributed by atoms with Crippen molar-refractivity contribution in [2.45, 2.75) is 19.8 Å². The van der Waals surface area contributed by atoms with Gasteiger partial charge >= 0.3 is 0 Å². The summed E-state index contributed by atoms with van der Waals surface area (Å²) in [5.41, 5.74) is 1.77. The average molecular weight is 217 g/mol. The molecule has 0 aliphatic rings. The van der Waals surface area contributed by atoms with Gasteiger partial charge in [0.15, 0.2) is 0 Å². The van der Waals surface area contributed by atoms with Gasteiger partial charge in [-0.15, -0.1) is 0 Å². The van der Waals surface area contributed by atoms with E-state index < -0.39 is 0 Å². The summed E-state index contributed by atoms with van der Waals surface area (Å²) in [4.78, 5) is 11.4. The van der Waals surface area contributed by atoms with Crippen LogP contribution in [0.25, 0.3) is 10.9 Å². The molecule has 4 nitrogen and oxygen atoms in total. The molecule has 0 aliphatic carbocycles. The van der Waals surface area contributed by atoms with Crippen LogP contribution in [0.4, 0.5) is 5.69 Å². The van der Waals surface area contributed by atoms with Gasteiger partial charge in [-0.3, -0.25) is 9.48 Å². The van der Waals surface area contributed by atoms with Crippen LogP contribution in [0.3, 0.4) is 0 Å². The Balaban J connectivity index is 2.22. The minimum Gasteiger partial charge on any atom is -0.326 e. The molecule has 0 saturated heterocycles. The topological polar surface area (TPSA) is 46.9 Å². The molecule has 4 heteroatoms. The molecule has 2 rings (SSSR count). The Morgan fingerprint density at radius 2 is 2.31 bits per heavy atom. The van der Waals surface area contributed by atoms with E-state index in [2.05, 4.69) is 10.4 Å². The highest BCUT2D eigenvalue weighted by molar-refractivity contribution is 5.93. The number of amides is 1. The van der Waals surface area contributed by atoms with Gasteiger partial charge in [0.1, 0.15) is 0 Å². The van der Waals surface area contributed by atoms with Crippen molar-refractivity contribution in [3.63, 3.8) is 0 Å². The van der Waals surface area contributed by atoms with Gasteiger partial charge in [-0.2, -0.15) is 5.10 Å². The van der Waals surface area contributed by atoms with Crippen molar-refractivity contribution >= 4 is 22.5 Å². The van der Waals surface area contributed by atoms with Crippen molar-refractivity contribution in [3.8, 4) is 0 Å². The molecule has 1 aromatic carbocycles. The van der Waals surface area contributed by atoms with Gasteiger partial charge in [0, 0.05) is 30.7 Å². The van der Waals surface area contributed by atoms with E-state index in [0.717, 1.165) is 23.0 Å². The summed E-state index contributed by atoms with van der Waals surface area (Å²) >= 11 is 0. The van der Waals surface area contributed by atoms with Gasteiger partial charge in [-0.05, 0) is 24.6 Å². The lowest BCUT2D eigenvalue weighted by Crippen LogP contribution is -2.10. The fourth-order valence-corrected chi connectivity index (χ4v) is 1.68. The summed E-state index contributed by atoms with van der Waals surface area (Å²) in [6.07, 6.45) is 3.36. The van der Waals surface area contributed by atoms with Crippen molar-refractivity contribution in [2.24, 2.45) is 7.05 Å². The molecule has 0 atom stereocenters. The molecule has 0 spiro atoms. The standard InChI is InChI=1S/C12H15N3O/c1-3-4-12(16)13-10-5-6-11-9(7-10)8-15(2)14-11/h5-8H,3-4H2,1-2H3,(H,13,16). The molecule has 1 N–H and O–H groups in total. The molecule has 1 amide bonds. The van der Waals surface area contributed by atoms with Gasteiger partial charge in [-0.1, -0.05) is 6.92 Å². The maximum absolute atomic E-state index is 11.4. The summed E-state index contributed by atoms with van der Waals surface area (Å²) in [5, 5.41) is 8.18. The second-order valence-electron chi connectivity index (χ2n) is 3.87. The van der Waals surface area contributed by atoms with Gasteiger partial charge in [0.25, 0.3) is 0 Å². The third kappa shape index (κ3) is 2.21. The quantitative estimate of drug-likeness (QED) is 0.857. The Hall–Kier alpha value is -1.84. The van der Waals surface area contributed by atoms with Gasteiger partial charge < -0.3 is 5.32 Å². The number of aryl methyl sites for hydroxylation is 1. The molecule has 84 valence electrons. The highest BCUT2D eigenvalue weighted by Crippen LogP contribution is 2.17. The zero-order valence-electron chi connectivity index (χ0n) is 9.53. The number of nitrogens with zero attached hydrogens (tertiary/aromatic N) is 2. The van der Waals surface area contributed by atoms with Gasteiger partial charge in [0.05, 0.1) is 5.52 Å². The van der Waals surface area contributed by atoms with Crippen LogP contribution in [-0.4, -0.2) is 15.7 Å². The summed E-state index contributed by atoms with van der Waals surface area (Å²) in [6.45, 7) is 1.99. The lowest BCUT2D eigenvalue weighted by molar-refractivity contribution is -0.116. The number of carbonyl (C=O) groups excluding carboxylic acids is 1. The van der Waals surface area contributed by atoms with E-state index in [1.807, 2.05) is 38.4 Å². The first-order valence-corrected chi connectivity index (χ1v) is 5.42. The van der Waals surface area contributed by atoms with Gasteiger partial charge in [0.2, 0.25) is 5.91 Å². The number of rotatable bonds is 3. The van der Waals surface area contributed by atoms with E-state index in [4.69, 9.17) is 0 Å². The molecule has 2 aromatic rings. The molecular formula is C12H15N3O. The SMILES string of the molecule is CCCC(=O)Nc1ccc2nn(C)cc2c1. The van der Waals surface area contributed by atoms with Crippen LogP contribution in [0.15, 0.2) is 24.4 Å². The van der Waals surface area contributed by atoms with Crippen LogP contribution in [0.1, 0.15) is 19.8 Å². The highest BCUT2D eigenvalue weighted by Gasteiger charge is 2.03. The van der Waals surface area contributed by atoms with Crippen molar-refractivity contribution in [1.29, 1.82) is 0 Å². The Morgan fingerprint density at radius 3 is 3.06 bits per heavy atom.